The Morgan fingerprint density at radius 3 is 1.29 bits per heavy atom. The molecule has 4 aromatic rings. The maximum absolute atomic E-state index is 13.2. The van der Waals surface area contributed by atoms with Crippen molar-refractivity contribution in [3.63, 3.8) is 0 Å². The van der Waals surface area contributed by atoms with Gasteiger partial charge in [0.25, 0.3) is 0 Å². The fourth-order valence-electron chi connectivity index (χ4n) is 4.81. The lowest BCUT2D eigenvalue weighted by Crippen LogP contribution is -2.41. The van der Waals surface area contributed by atoms with Crippen LogP contribution >= 0.6 is 0 Å². The van der Waals surface area contributed by atoms with Gasteiger partial charge in [-0.2, -0.15) is 0 Å². The zero-order valence-electron chi connectivity index (χ0n) is 23.1. The smallest absolute Gasteiger partial charge is 0.322 e. The summed E-state index contributed by atoms with van der Waals surface area (Å²) in [5.74, 6) is 0. The van der Waals surface area contributed by atoms with E-state index < -0.39 is 0 Å². The first-order chi connectivity index (χ1) is 20.2. The molecule has 0 unspecified atom stereocenters. The first-order valence-corrected chi connectivity index (χ1v) is 14.0. The van der Waals surface area contributed by atoms with Crippen molar-refractivity contribution in [1.82, 2.24) is 9.80 Å². The Morgan fingerprint density at radius 1 is 0.488 bits per heavy atom. The van der Waals surface area contributed by atoms with Gasteiger partial charge in [-0.1, -0.05) is 72.8 Å². The standard InChI is InChI=1S/C32H36N4O5/c37-31(33-29-13-5-9-25-7-1-3-11-27(25)29)35-15-19-39-20-16-36(18-22-41-24-23-40-21-17-35)32(38)34-30-14-6-10-26-8-2-4-12-28(26)30/h1-14H,15-24H2,(H,33,37)(H,34,38). The van der Waals surface area contributed by atoms with E-state index in [2.05, 4.69) is 10.6 Å². The number of hydrogen-bond donors (Lipinski definition) is 2. The molecule has 214 valence electrons. The minimum absolute atomic E-state index is 0.217. The molecule has 41 heavy (non-hydrogen) atoms. The molecule has 0 radical (unpaired) electrons. The summed E-state index contributed by atoms with van der Waals surface area (Å²) in [6, 6.07) is 27.1. The highest BCUT2D eigenvalue weighted by molar-refractivity contribution is 6.02. The lowest BCUT2D eigenvalue weighted by Gasteiger charge is -2.24. The number of hydrogen-bond acceptors (Lipinski definition) is 5. The molecule has 0 spiro atoms. The average molecular weight is 557 g/mol. The minimum Gasteiger partial charge on any atom is -0.378 e. The third-order valence-electron chi connectivity index (χ3n) is 7.03. The summed E-state index contributed by atoms with van der Waals surface area (Å²) >= 11 is 0. The highest BCUT2D eigenvalue weighted by atomic mass is 16.5. The number of rotatable bonds is 2. The van der Waals surface area contributed by atoms with E-state index in [1.807, 2.05) is 84.9 Å². The number of anilines is 2. The van der Waals surface area contributed by atoms with Crippen LogP contribution in [0.5, 0.6) is 0 Å². The van der Waals surface area contributed by atoms with Gasteiger partial charge in [-0.15, -0.1) is 0 Å². The van der Waals surface area contributed by atoms with E-state index in [1.54, 1.807) is 9.80 Å². The third kappa shape index (κ3) is 7.73. The monoisotopic (exact) mass is 556 g/mol. The Labute approximate surface area is 240 Å². The minimum atomic E-state index is -0.217. The average Bonchev–Trinajstić information content (AvgIpc) is 3.01. The van der Waals surface area contributed by atoms with E-state index in [0.717, 1.165) is 32.9 Å². The number of carbonyl (C=O) groups is 2. The molecule has 9 heteroatoms. The summed E-state index contributed by atoms with van der Waals surface area (Å²) in [5.41, 5.74) is 1.51. The van der Waals surface area contributed by atoms with Crippen molar-refractivity contribution < 1.29 is 23.8 Å². The van der Waals surface area contributed by atoms with E-state index in [1.165, 1.54) is 0 Å². The molecule has 0 bridgehead atoms. The van der Waals surface area contributed by atoms with Crippen molar-refractivity contribution >= 4 is 45.0 Å². The third-order valence-corrected chi connectivity index (χ3v) is 7.03. The summed E-state index contributed by atoms with van der Waals surface area (Å²) in [5, 5.41) is 10.2. The van der Waals surface area contributed by atoms with E-state index in [4.69, 9.17) is 14.2 Å². The Bertz CT molecular complexity index is 1340. The van der Waals surface area contributed by atoms with Gasteiger partial charge >= 0.3 is 12.1 Å². The number of carbonyl (C=O) groups excluding carboxylic acids is 2. The van der Waals surface area contributed by atoms with Crippen LogP contribution in [0, 0.1) is 0 Å². The molecule has 4 aromatic carbocycles. The molecule has 0 saturated carbocycles. The molecular formula is C32H36N4O5. The van der Waals surface area contributed by atoms with E-state index in [0.29, 0.717) is 65.8 Å². The number of benzene rings is 4. The van der Waals surface area contributed by atoms with Crippen LogP contribution in [-0.2, 0) is 14.2 Å². The summed E-state index contributed by atoms with van der Waals surface area (Å²) < 4.78 is 17.3. The van der Waals surface area contributed by atoms with Crippen LogP contribution in [0.15, 0.2) is 84.9 Å². The van der Waals surface area contributed by atoms with Crippen LogP contribution < -0.4 is 10.6 Å². The van der Waals surface area contributed by atoms with Crippen molar-refractivity contribution in [1.29, 1.82) is 0 Å². The van der Waals surface area contributed by atoms with Gasteiger partial charge in [-0.05, 0) is 22.9 Å². The molecule has 0 aliphatic carbocycles. The van der Waals surface area contributed by atoms with Gasteiger partial charge in [0.15, 0.2) is 0 Å². The molecule has 0 aromatic heterocycles. The largest absolute Gasteiger partial charge is 0.378 e. The Kier molecular flexibility index (Phi) is 9.99. The van der Waals surface area contributed by atoms with Crippen molar-refractivity contribution in [3.05, 3.63) is 84.9 Å². The lowest BCUT2D eigenvalue weighted by molar-refractivity contribution is 0.0381. The van der Waals surface area contributed by atoms with Gasteiger partial charge in [0.05, 0.1) is 51.0 Å². The normalized spacial score (nSPS) is 16.1. The Balaban J connectivity index is 1.19. The number of urea groups is 2. The van der Waals surface area contributed by atoms with Crippen LogP contribution in [0.2, 0.25) is 0 Å². The molecule has 1 aliphatic rings. The predicted octanol–water partition coefficient (Wildman–Crippen LogP) is 5.42. The zero-order chi connectivity index (χ0) is 28.3. The second kappa shape index (κ2) is 14.5. The predicted molar refractivity (Wildman–Crippen MR) is 162 cm³/mol. The molecule has 1 aliphatic heterocycles. The number of ether oxygens (including phenoxy) is 3. The first-order valence-electron chi connectivity index (χ1n) is 14.0. The molecule has 1 heterocycles. The summed E-state index contributed by atoms with van der Waals surface area (Å²) in [4.78, 5) is 29.8. The SMILES string of the molecule is O=C(Nc1cccc2ccccc12)N1CCOCCOCCN(C(=O)Nc2cccc3ccccc23)CCOCC1. The van der Waals surface area contributed by atoms with Crippen LogP contribution in [0.25, 0.3) is 21.5 Å². The van der Waals surface area contributed by atoms with Crippen LogP contribution in [-0.4, -0.2) is 87.7 Å². The van der Waals surface area contributed by atoms with Crippen molar-refractivity contribution in [3.8, 4) is 0 Å². The molecule has 1 fully saturated rings. The zero-order valence-corrected chi connectivity index (χ0v) is 23.1. The highest BCUT2D eigenvalue weighted by Gasteiger charge is 2.17. The topological polar surface area (TPSA) is 92.4 Å². The van der Waals surface area contributed by atoms with Gasteiger partial charge in [-0.25, -0.2) is 9.59 Å². The van der Waals surface area contributed by atoms with Crippen molar-refractivity contribution in [2.24, 2.45) is 0 Å². The van der Waals surface area contributed by atoms with Crippen LogP contribution in [0.4, 0.5) is 21.0 Å². The lowest BCUT2D eigenvalue weighted by atomic mass is 10.1. The molecule has 0 atom stereocenters. The van der Waals surface area contributed by atoms with Gasteiger partial charge in [0, 0.05) is 37.0 Å². The van der Waals surface area contributed by atoms with Crippen molar-refractivity contribution in [2.75, 3.05) is 76.5 Å². The van der Waals surface area contributed by atoms with E-state index in [9.17, 15) is 9.59 Å². The number of nitrogens with zero attached hydrogens (tertiary/aromatic N) is 2. The Hall–Kier alpha value is -4.18. The number of fused-ring (bicyclic) bond motifs is 2. The summed E-state index contributed by atoms with van der Waals surface area (Å²) in [7, 11) is 0. The molecule has 5 rings (SSSR count). The van der Waals surface area contributed by atoms with Gasteiger partial charge in [0.2, 0.25) is 0 Å². The molecule has 4 amide bonds. The second-order valence-corrected chi connectivity index (χ2v) is 9.72. The highest BCUT2D eigenvalue weighted by Crippen LogP contribution is 2.24. The molecule has 2 N–H and O–H groups in total. The van der Waals surface area contributed by atoms with Gasteiger partial charge in [0.1, 0.15) is 0 Å². The van der Waals surface area contributed by atoms with Gasteiger partial charge < -0.3 is 34.6 Å². The maximum atomic E-state index is 13.2. The first kappa shape index (κ1) is 28.4. The number of nitrogens with one attached hydrogen (secondary N) is 2. The maximum Gasteiger partial charge on any atom is 0.322 e. The fraction of sp³-hybridized carbons (Fsp3) is 0.312. The van der Waals surface area contributed by atoms with Crippen molar-refractivity contribution in [2.45, 2.75) is 0 Å². The van der Waals surface area contributed by atoms with Crippen LogP contribution in [0.1, 0.15) is 0 Å². The fourth-order valence-corrected chi connectivity index (χ4v) is 4.81. The Morgan fingerprint density at radius 2 is 0.854 bits per heavy atom. The second-order valence-electron chi connectivity index (χ2n) is 9.72. The quantitative estimate of drug-likeness (QED) is 0.344. The van der Waals surface area contributed by atoms with Crippen LogP contribution in [0.3, 0.4) is 0 Å². The summed E-state index contributed by atoms with van der Waals surface area (Å²) in [6.45, 7) is 3.83. The van der Waals surface area contributed by atoms with E-state index >= 15 is 0 Å². The van der Waals surface area contributed by atoms with Gasteiger partial charge in [-0.3, -0.25) is 0 Å². The summed E-state index contributed by atoms with van der Waals surface area (Å²) in [6.07, 6.45) is 0. The van der Waals surface area contributed by atoms with E-state index in [-0.39, 0.29) is 12.1 Å². The number of amides is 4. The molecule has 1 saturated heterocycles. The molecule has 9 nitrogen and oxygen atoms in total. The molecular weight excluding hydrogens is 520 g/mol.